The lowest BCUT2D eigenvalue weighted by Gasteiger charge is -2.42. The second kappa shape index (κ2) is 18.4. The summed E-state index contributed by atoms with van der Waals surface area (Å²) in [5, 5.41) is 9.32. The maximum absolute atomic E-state index is 13.8. The molecule has 0 saturated heterocycles. The Morgan fingerprint density at radius 1 is 0.860 bits per heavy atom. The maximum atomic E-state index is 13.8. The average molecular weight is 655 g/mol. The van der Waals surface area contributed by atoms with Crippen molar-refractivity contribution in [1.82, 2.24) is 14.9 Å². The van der Waals surface area contributed by atoms with Crippen molar-refractivity contribution in [3.8, 4) is 0 Å². The number of amides is 1. The van der Waals surface area contributed by atoms with E-state index in [-0.39, 0.29) is 15.4 Å². The third-order valence-corrected chi connectivity index (χ3v) is 13.7. The van der Waals surface area contributed by atoms with Gasteiger partial charge in [0.25, 0.3) is 10.0 Å². The normalized spacial score (nSPS) is 17.8. The highest BCUT2D eigenvalue weighted by Gasteiger charge is 2.38. The van der Waals surface area contributed by atoms with E-state index in [1.807, 2.05) is 18.2 Å². The Labute approximate surface area is 267 Å². The molecule has 0 spiro atoms. The number of sulfonamides is 1. The molecule has 1 aromatic heterocycles. The van der Waals surface area contributed by atoms with Gasteiger partial charge in [0.15, 0.2) is 10.3 Å². The summed E-state index contributed by atoms with van der Waals surface area (Å²) in [6.07, 6.45) is 7.92. The topological polar surface area (TPSA) is 124 Å². The van der Waals surface area contributed by atoms with Gasteiger partial charge < -0.3 is 9.87 Å². The van der Waals surface area contributed by atoms with Gasteiger partial charge in [0.2, 0.25) is 15.4 Å². The van der Waals surface area contributed by atoms with Crippen LogP contribution < -0.4 is 10.0 Å². The van der Waals surface area contributed by atoms with E-state index in [4.69, 9.17) is 0 Å². The van der Waals surface area contributed by atoms with Crippen LogP contribution in [-0.4, -0.2) is 34.4 Å². The van der Waals surface area contributed by atoms with E-state index in [1.54, 1.807) is 12.1 Å². The highest BCUT2D eigenvalue weighted by atomic mass is 32.2. The summed E-state index contributed by atoms with van der Waals surface area (Å²) < 4.78 is 43.1. The first kappa shape index (κ1) is 37.7. The molecule has 8 atom stereocenters. The molecule has 0 bridgehead atoms. The van der Waals surface area contributed by atoms with Gasteiger partial charge in [-0.15, -0.1) is 10.2 Å². The maximum Gasteiger partial charge on any atom is 0.273 e. The number of hydrogen-bond acceptors (Lipinski definition) is 7. The quantitative estimate of drug-likeness (QED) is 0.111. The van der Waals surface area contributed by atoms with Crippen molar-refractivity contribution in [2.24, 2.45) is 35.5 Å². The van der Waals surface area contributed by atoms with Crippen LogP contribution in [-0.2, 0) is 26.0 Å². The van der Waals surface area contributed by atoms with E-state index in [2.05, 4.69) is 68.7 Å². The summed E-state index contributed by atoms with van der Waals surface area (Å²) in [5.74, 6) is 3.12. The number of anilines is 1. The number of carbonyl (C=O) groups is 1. The smallest absolute Gasteiger partial charge is 0.273 e. The number of nitrogens with zero attached hydrogens (tertiary/aromatic N) is 2. The van der Waals surface area contributed by atoms with Gasteiger partial charge >= 0.3 is 0 Å². The Morgan fingerprint density at radius 2 is 1.44 bits per heavy atom. The second-order valence-electron chi connectivity index (χ2n) is 11.7. The number of nitrogens with one attached hydrogen (secondary N) is 2. The van der Waals surface area contributed by atoms with Crippen LogP contribution in [0.25, 0.3) is 0 Å². The SMILES string of the molecule is CCC(C)C(CC)C(CC)C(CC)C(CC)C(CC)CCC(NS(=O)(=O)c1nnc(NC(C)=O)s1)[S+]([O-])c1ccccc1. The molecule has 0 aliphatic carbocycles. The molecule has 0 radical (unpaired) electrons. The van der Waals surface area contributed by atoms with Gasteiger partial charge in [0.05, 0.1) is 0 Å². The lowest BCUT2D eigenvalue weighted by Crippen LogP contribution is -2.41. The molecule has 11 heteroatoms. The van der Waals surface area contributed by atoms with Crippen LogP contribution in [0.5, 0.6) is 0 Å². The molecule has 1 heterocycles. The molecular weight excluding hydrogens is 601 g/mol. The van der Waals surface area contributed by atoms with Gasteiger partial charge in [0, 0.05) is 24.5 Å². The zero-order valence-electron chi connectivity index (χ0n) is 27.3. The van der Waals surface area contributed by atoms with E-state index in [1.165, 1.54) is 19.8 Å². The van der Waals surface area contributed by atoms with Crippen LogP contribution in [0.15, 0.2) is 39.6 Å². The van der Waals surface area contributed by atoms with E-state index < -0.39 is 26.6 Å². The van der Waals surface area contributed by atoms with E-state index in [0.29, 0.717) is 46.8 Å². The average Bonchev–Trinajstić information content (AvgIpc) is 3.48. The third kappa shape index (κ3) is 10.5. The van der Waals surface area contributed by atoms with Gasteiger partial charge in [-0.05, 0) is 54.1 Å². The molecule has 0 aliphatic rings. The third-order valence-electron chi connectivity index (χ3n) is 9.28. The van der Waals surface area contributed by atoms with Crippen LogP contribution in [0.2, 0.25) is 0 Å². The molecule has 2 rings (SSSR count). The van der Waals surface area contributed by atoms with Crippen molar-refractivity contribution < 1.29 is 17.8 Å². The molecule has 2 N–H and O–H groups in total. The largest absolute Gasteiger partial charge is 0.610 e. The van der Waals surface area contributed by atoms with Crippen LogP contribution >= 0.6 is 11.3 Å². The molecular formula is C32H54N4O4S3. The summed E-state index contributed by atoms with van der Waals surface area (Å²) in [6.45, 7) is 17.5. The van der Waals surface area contributed by atoms with Gasteiger partial charge in [-0.1, -0.05) is 117 Å². The zero-order chi connectivity index (χ0) is 32.2. The Bertz CT molecular complexity index is 1190. The van der Waals surface area contributed by atoms with E-state index in [0.717, 1.165) is 43.4 Å². The van der Waals surface area contributed by atoms with Gasteiger partial charge in [-0.2, -0.15) is 4.72 Å². The van der Waals surface area contributed by atoms with Crippen LogP contribution in [0, 0.1) is 35.5 Å². The first-order valence-electron chi connectivity index (χ1n) is 16.1. The number of benzene rings is 1. The predicted molar refractivity (Wildman–Crippen MR) is 179 cm³/mol. The Hall–Kier alpha value is -1.53. The Morgan fingerprint density at radius 3 is 1.95 bits per heavy atom. The van der Waals surface area contributed by atoms with Crippen molar-refractivity contribution in [2.75, 3.05) is 5.32 Å². The molecule has 1 aromatic carbocycles. The fourth-order valence-electron chi connectivity index (χ4n) is 7.02. The van der Waals surface area contributed by atoms with Crippen LogP contribution in [0.3, 0.4) is 0 Å². The number of carbonyl (C=O) groups excluding carboxylic acids is 1. The molecule has 0 fully saturated rings. The fraction of sp³-hybridized carbons (Fsp3) is 0.719. The van der Waals surface area contributed by atoms with Gasteiger partial charge in [-0.3, -0.25) is 4.79 Å². The standard InChI is InChI=1S/C32H54N4O4S3/c1-9-22(7)26(11-3)28(13-5)29(14-6)27(12-4)24(10-2)20-21-30(42(38)25-18-16-15-17-19-25)36-43(39,40)32-35-34-31(41-32)33-23(8)37/h15-19,22,24,26-30,36H,9-14,20-21H2,1-8H3,(H,33,34,37). The lowest BCUT2D eigenvalue weighted by molar-refractivity contribution is -0.114. The van der Waals surface area contributed by atoms with Gasteiger partial charge in [0.1, 0.15) is 0 Å². The first-order chi connectivity index (χ1) is 20.5. The minimum absolute atomic E-state index is 0.101. The summed E-state index contributed by atoms with van der Waals surface area (Å²) in [4.78, 5) is 12.0. The Kier molecular flexibility index (Phi) is 16.1. The van der Waals surface area contributed by atoms with Crippen molar-refractivity contribution in [2.45, 2.75) is 121 Å². The minimum Gasteiger partial charge on any atom is -0.610 e. The van der Waals surface area contributed by atoms with E-state index in [9.17, 15) is 17.8 Å². The molecule has 0 saturated carbocycles. The summed E-state index contributed by atoms with van der Waals surface area (Å²) in [6, 6.07) is 9.00. The molecule has 244 valence electrons. The molecule has 8 unspecified atom stereocenters. The monoisotopic (exact) mass is 654 g/mol. The van der Waals surface area contributed by atoms with Gasteiger partial charge in [-0.25, -0.2) is 8.42 Å². The number of hydrogen-bond donors (Lipinski definition) is 2. The van der Waals surface area contributed by atoms with E-state index >= 15 is 0 Å². The number of rotatable bonds is 20. The second-order valence-corrected chi connectivity index (χ2v) is 16.2. The lowest BCUT2D eigenvalue weighted by atomic mass is 9.63. The highest BCUT2D eigenvalue weighted by Crippen LogP contribution is 2.44. The van der Waals surface area contributed by atoms with Crippen molar-refractivity contribution >= 4 is 43.6 Å². The van der Waals surface area contributed by atoms with Crippen molar-refractivity contribution in [3.63, 3.8) is 0 Å². The Balaban J connectivity index is 2.36. The predicted octanol–water partition coefficient (Wildman–Crippen LogP) is 7.87. The first-order valence-corrected chi connectivity index (χ1v) is 19.6. The van der Waals surface area contributed by atoms with Crippen molar-refractivity contribution in [1.29, 1.82) is 0 Å². The molecule has 2 aromatic rings. The fourth-order valence-corrected chi connectivity index (χ4v) is 10.9. The number of aromatic nitrogens is 2. The molecule has 43 heavy (non-hydrogen) atoms. The summed E-state index contributed by atoms with van der Waals surface area (Å²) >= 11 is -0.847. The summed E-state index contributed by atoms with van der Waals surface area (Å²) in [5.41, 5.74) is 0. The molecule has 0 aliphatic heterocycles. The molecule has 8 nitrogen and oxygen atoms in total. The zero-order valence-corrected chi connectivity index (χ0v) is 29.8. The highest BCUT2D eigenvalue weighted by molar-refractivity contribution is 7.95. The minimum atomic E-state index is -4.12. The molecule has 1 amide bonds. The van der Waals surface area contributed by atoms with Crippen LogP contribution in [0.4, 0.5) is 5.13 Å². The van der Waals surface area contributed by atoms with Crippen LogP contribution in [0.1, 0.15) is 107 Å². The van der Waals surface area contributed by atoms with Crippen molar-refractivity contribution in [3.05, 3.63) is 30.3 Å². The summed E-state index contributed by atoms with van der Waals surface area (Å²) in [7, 11) is -4.12.